The monoisotopic (exact) mass is 1190 g/mol. The molecule has 11 N–H and O–H groups in total. The lowest BCUT2D eigenvalue weighted by molar-refractivity contribution is 0.0323. The SMILES string of the molecule is CO/N=C/c1c(N)ncnc1Nc1cc(O)c(Cl)cc1F.Nc1ncnc(Nc2ccc3c(ccn3Cc3cccc(F)c3)c2)c1/C=N/O.Nc1ncnc(Nc2ccc3c(cnn3Cc3cccc(F)c3)c2)c1/C=N/OCCCN1CCOCC1. The second-order valence-electron chi connectivity index (χ2n) is 18.8. The van der Waals surface area contributed by atoms with Crippen molar-refractivity contribution in [1.29, 1.82) is 0 Å². The van der Waals surface area contributed by atoms with Gasteiger partial charge in [0.2, 0.25) is 0 Å². The number of nitrogen functional groups attached to an aromatic ring is 3. The molecule has 1 saturated heterocycles. The molecule has 6 heterocycles. The Hall–Kier alpha value is -10.6. The van der Waals surface area contributed by atoms with Crippen LogP contribution in [0.5, 0.6) is 5.75 Å². The predicted molar refractivity (Wildman–Crippen MR) is 324 cm³/mol. The third kappa shape index (κ3) is 15.9. The number of benzene rings is 5. The van der Waals surface area contributed by atoms with E-state index in [2.05, 4.69) is 80.7 Å². The Morgan fingerprint density at radius 3 is 1.87 bits per heavy atom. The normalized spacial score (nSPS) is 12.5. The Morgan fingerprint density at radius 1 is 0.674 bits per heavy atom. The van der Waals surface area contributed by atoms with E-state index in [0.29, 0.717) is 53.8 Å². The minimum Gasteiger partial charge on any atom is -0.506 e. The van der Waals surface area contributed by atoms with Crippen LogP contribution in [0.3, 0.4) is 0 Å². The van der Waals surface area contributed by atoms with Crippen LogP contribution in [-0.2, 0) is 27.5 Å². The number of nitrogens with zero attached hydrogens (tertiary/aromatic N) is 13. The molecule has 24 nitrogen and oxygen atoms in total. The number of rotatable bonds is 19. The number of phenolic OH excluding ortho intramolecular Hbond substituents is 1. The summed E-state index contributed by atoms with van der Waals surface area (Å²) >= 11 is 5.61. The van der Waals surface area contributed by atoms with Gasteiger partial charge in [0, 0.05) is 66.1 Å². The molecule has 0 spiro atoms. The first-order valence-corrected chi connectivity index (χ1v) is 26.7. The van der Waals surface area contributed by atoms with Crippen LogP contribution in [0.1, 0.15) is 34.2 Å². The molecule has 0 saturated carbocycles. The van der Waals surface area contributed by atoms with Crippen LogP contribution >= 0.6 is 11.6 Å². The number of fused-ring (bicyclic) bond motifs is 2. The van der Waals surface area contributed by atoms with Crippen molar-refractivity contribution >= 4 is 104 Å². The average Bonchev–Trinajstić information content (AvgIpc) is 3.11. The Morgan fingerprint density at radius 2 is 1.26 bits per heavy atom. The number of nitrogens with two attached hydrogens (primary N) is 3. The quantitative estimate of drug-likeness (QED) is 0.0162. The van der Waals surface area contributed by atoms with E-state index in [4.69, 9.17) is 43.6 Å². The molecule has 442 valence electrons. The maximum absolute atomic E-state index is 13.8. The van der Waals surface area contributed by atoms with Crippen LogP contribution in [0.25, 0.3) is 21.8 Å². The number of ether oxygens (including phenoxy) is 1. The minimum absolute atomic E-state index is 0.0259. The zero-order valence-electron chi connectivity index (χ0n) is 46.0. The molecule has 5 aromatic heterocycles. The van der Waals surface area contributed by atoms with Crippen molar-refractivity contribution in [3.63, 3.8) is 0 Å². The maximum Gasteiger partial charge on any atom is 0.148 e. The first-order valence-electron chi connectivity index (χ1n) is 26.4. The number of halogens is 4. The number of nitrogens with one attached hydrogen (secondary N) is 3. The van der Waals surface area contributed by atoms with E-state index in [9.17, 15) is 18.3 Å². The molecule has 0 amide bonds. The van der Waals surface area contributed by atoms with Gasteiger partial charge in [0.15, 0.2) is 0 Å². The number of hydrogen-bond acceptors (Lipinski definition) is 22. The molecule has 11 rings (SSSR count). The Labute approximate surface area is 494 Å². The largest absolute Gasteiger partial charge is 0.506 e. The van der Waals surface area contributed by atoms with Crippen LogP contribution in [0, 0.1) is 17.5 Å². The highest BCUT2D eigenvalue weighted by molar-refractivity contribution is 6.32. The van der Waals surface area contributed by atoms with Gasteiger partial charge in [-0.3, -0.25) is 9.58 Å². The maximum atomic E-state index is 13.8. The highest BCUT2D eigenvalue weighted by Gasteiger charge is 2.16. The van der Waals surface area contributed by atoms with Crippen molar-refractivity contribution in [2.45, 2.75) is 19.5 Å². The highest BCUT2D eigenvalue weighted by Crippen LogP contribution is 2.32. The van der Waals surface area contributed by atoms with Crippen molar-refractivity contribution in [2.75, 3.05) is 79.7 Å². The summed E-state index contributed by atoms with van der Waals surface area (Å²) in [6, 6.07) is 28.9. The first kappa shape index (κ1) is 60.0. The van der Waals surface area contributed by atoms with Gasteiger partial charge in [-0.25, -0.2) is 43.1 Å². The van der Waals surface area contributed by atoms with Gasteiger partial charge in [-0.1, -0.05) is 51.3 Å². The molecule has 86 heavy (non-hydrogen) atoms. The Kier molecular flexibility index (Phi) is 20.3. The van der Waals surface area contributed by atoms with E-state index in [1.807, 2.05) is 65.5 Å². The number of oxime groups is 3. The molecule has 1 aliphatic heterocycles. The molecule has 0 atom stereocenters. The lowest BCUT2D eigenvalue weighted by Gasteiger charge is -2.26. The fourth-order valence-electron chi connectivity index (χ4n) is 8.77. The summed E-state index contributed by atoms with van der Waals surface area (Å²) < 4.78 is 50.0. The van der Waals surface area contributed by atoms with Gasteiger partial charge in [-0.15, -0.1) is 0 Å². The van der Waals surface area contributed by atoms with E-state index < -0.39 is 5.82 Å². The molecular formula is C58H57ClF3N19O5. The first-order chi connectivity index (χ1) is 41.8. The zero-order valence-corrected chi connectivity index (χ0v) is 46.7. The van der Waals surface area contributed by atoms with Crippen molar-refractivity contribution < 1.29 is 37.9 Å². The van der Waals surface area contributed by atoms with E-state index in [-0.39, 0.29) is 45.5 Å². The van der Waals surface area contributed by atoms with Crippen molar-refractivity contribution in [2.24, 2.45) is 15.5 Å². The van der Waals surface area contributed by atoms with Crippen LogP contribution in [-0.4, -0.2) is 125 Å². The summed E-state index contributed by atoms with van der Waals surface area (Å²) in [6.07, 6.45) is 12.5. The molecular weight excluding hydrogens is 1140 g/mol. The van der Waals surface area contributed by atoms with Gasteiger partial charge in [0.25, 0.3) is 0 Å². The average molecular weight is 1190 g/mol. The number of morpholine rings is 1. The van der Waals surface area contributed by atoms with Crippen LogP contribution < -0.4 is 33.2 Å². The Balaban J connectivity index is 0.000000161. The summed E-state index contributed by atoms with van der Waals surface area (Å²) in [5.41, 5.74) is 24.1. The van der Waals surface area contributed by atoms with Gasteiger partial charge in [-0.05, 0) is 90.3 Å². The number of aromatic hydroxyl groups is 1. The zero-order chi connectivity index (χ0) is 60.4. The molecule has 0 aliphatic carbocycles. The fourth-order valence-corrected chi connectivity index (χ4v) is 8.92. The predicted octanol–water partition coefficient (Wildman–Crippen LogP) is 9.45. The molecule has 1 aliphatic rings. The molecule has 10 aromatic rings. The standard InChI is InChI=1S/C26H29FN8O2.C20H17FN6O.C12H11ClFN5O2/c27-21-4-1-3-19(13-21)17-35-24-6-5-22(14-20(24)15-31-35)33-26-23(25(28)29-18-30-26)16-32-37-10-2-7-34-8-11-36-12-9-34;21-15-3-1-2-13(8-15)11-27-7-6-14-9-16(4-5-18(14)27)26-20-17(10-25-28)19(22)23-12-24-20;1-21-18-4-6-11(15)16-5-17-12(6)19-9-3-10(20)7(13)2-8(9)14/h1,3-6,13-16,18H,2,7-12,17H2,(H3,28,29,30,33);1-10,12,28H,11H2,(H3,22,23,24,26);2-5,20H,1H3,(H3,15,16,17,19)/b32-16+;25-10+;18-4+. The molecule has 0 radical (unpaired) electrons. The molecule has 28 heteroatoms. The molecule has 0 unspecified atom stereocenters. The van der Waals surface area contributed by atoms with E-state index in [0.717, 1.165) is 95.7 Å². The summed E-state index contributed by atoms with van der Waals surface area (Å²) in [4.78, 5) is 36.6. The van der Waals surface area contributed by atoms with Crippen LogP contribution in [0.4, 0.5) is 65.1 Å². The van der Waals surface area contributed by atoms with Crippen LogP contribution in [0.15, 0.2) is 150 Å². The van der Waals surface area contributed by atoms with Crippen molar-refractivity contribution in [3.05, 3.63) is 185 Å². The van der Waals surface area contributed by atoms with E-state index in [1.54, 1.807) is 18.3 Å². The van der Waals surface area contributed by atoms with Gasteiger partial charge in [-0.2, -0.15) is 5.10 Å². The number of hydrogen-bond donors (Lipinski definition) is 8. The Bertz CT molecular complexity index is 4030. The number of anilines is 9. The minimum atomic E-state index is -0.662. The van der Waals surface area contributed by atoms with Crippen LogP contribution in [0.2, 0.25) is 5.02 Å². The van der Waals surface area contributed by atoms with E-state index in [1.165, 1.54) is 69.0 Å². The lowest BCUT2D eigenvalue weighted by Crippen LogP contribution is -2.37. The summed E-state index contributed by atoms with van der Waals surface area (Å²) in [7, 11) is 1.36. The van der Waals surface area contributed by atoms with Crippen molar-refractivity contribution in [1.82, 2.24) is 49.2 Å². The topological polar surface area (TPSA) is 323 Å². The summed E-state index contributed by atoms with van der Waals surface area (Å²) in [6.45, 7) is 5.98. The smallest absolute Gasteiger partial charge is 0.148 e. The third-order valence-corrected chi connectivity index (χ3v) is 13.3. The second kappa shape index (κ2) is 29.1. The second-order valence-corrected chi connectivity index (χ2v) is 19.2. The third-order valence-electron chi connectivity index (χ3n) is 13.0. The summed E-state index contributed by atoms with van der Waals surface area (Å²) in [5, 5.41) is 44.5. The molecule has 1 fully saturated rings. The van der Waals surface area contributed by atoms with Crippen molar-refractivity contribution in [3.8, 4) is 5.75 Å². The highest BCUT2D eigenvalue weighted by atomic mass is 35.5. The summed E-state index contributed by atoms with van der Waals surface area (Å²) in [5.74, 6) is 0.340. The molecule has 5 aromatic carbocycles. The van der Waals surface area contributed by atoms with Gasteiger partial charge >= 0.3 is 0 Å². The number of aromatic nitrogens is 9. The van der Waals surface area contributed by atoms with Gasteiger partial charge < -0.3 is 62.4 Å². The lowest BCUT2D eigenvalue weighted by atomic mass is 10.2. The molecule has 0 bridgehead atoms. The van der Waals surface area contributed by atoms with E-state index >= 15 is 0 Å². The van der Waals surface area contributed by atoms with Gasteiger partial charge in [0.1, 0.15) is 90.8 Å². The fraction of sp³-hybridized carbons (Fsp3) is 0.172. The number of phenols is 1. The van der Waals surface area contributed by atoms with Gasteiger partial charge in [0.05, 0.1) is 77.5 Å².